The van der Waals surface area contributed by atoms with Crippen molar-refractivity contribution in [1.82, 2.24) is 20.0 Å². The fourth-order valence-corrected chi connectivity index (χ4v) is 2.12. The quantitative estimate of drug-likeness (QED) is 0.772. The van der Waals surface area contributed by atoms with E-state index in [2.05, 4.69) is 20.6 Å². The number of nitrogens with one attached hydrogen (secondary N) is 2. The summed E-state index contributed by atoms with van der Waals surface area (Å²) in [5, 5.41) is 13.7. The summed E-state index contributed by atoms with van der Waals surface area (Å²) in [7, 11) is 3.38. The summed E-state index contributed by atoms with van der Waals surface area (Å²) in [6.45, 7) is 0. The zero-order valence-electron chi connectivity index (χ0n) is 12.2. The molecule has 2 aromatic heterocycles. The Labute approximate surface area is 126 Å². The van der Waals surface area contributed by atoms with Gasteiger partial charge in [-0.05, 0) is 18.2 Å². The van der Waals surface area contributed by atoms with Crippen molar-refractivity contribution < 1.29 is 9.53 Å². The Morgan fingerprint density at radius 1 is 1.36 bits per heavy atom. The lowest BCUT2D eigenvalue weighted by Gasteiger charge is -2.04. The number of benzene rings is 1. The molecule has 0 aliphatic heterocycles. The molecule has 0 radical (unpaired) electrons. The number of carbonyl (C=O) groups is 1. The first-order valence-electron chi connectivity index (χ1n) is 6.66. The van der Waals surface area contributed by atoms with Gasteiger partial charge in [0.1, 0.15) is 11.4 Å². The van der Waals surface area contributed by atoms with E-state index in [4.69, 9.17) is 4.74 Å². The topological polar surface area (TPSA) is 84.8 Å². The van der Waals surface area contributed by atoms with E-state index in [0.29, 0.717) is 22.8 Å². The summed E-state index contributed by atoms with van der Waals surface area (Å²) in [5.74, 6) is 0.426. The number of ether oxygens (including phenoxy) is 1. The summed E-state index contributed by atoms with van der Waals surface area (Å²) in [6, 6.07) is 9.19. The van der Waals surface area contributed by atoms with Crippen molar-refractivity contribution in [3.05, 3.63) is 48.4 Å². The number of rotatable bonds is 4. The number of carbonyl (C=O) groups excluding carboxylic acids is 1. The molecule has 0 aliphatic carbocycles. The lowest BCUT2D eigenvalue weighted by atomic mass is 10.1. The number of hydrogen-bond acceptors (Lipinski definition) is 4. The maximum absolute atomic E-state index is 12.2. The van der Waals surface area contributed by atoms with Gasteiger partial charge in [-0.1, -0.05) is 12.1 Å². The SMILES string of the molecule is COc1ccccc1-c1cc(C(=O)Nc2cnn(C)c2)[nH]n1. The van der Waals surface area contributed by atoms with Crippen LogP contribution in [0.15, 0.2) is 42.7 Å². The highest BCUT2D eigenvalue weighted by molar-refractivity contribution is 6.03. The molecule has 0 aliphatic rings. The zero-order chi connectivity index (χ0) is 15.5. The molecule has 0 bridgehead atoms. The summed E-state index contributed by atoms with van der Waals surface area (Å²) < 4.78 is 6.92. The van der Waals surface area contributed by atoms with E-state index in [1.807, 2.05) is 24.3 Å². The first-order valence-corrected chi connectivity index (χ1v) is 6.66. The van der Waals surface area contributed by atoms with E-state index in [1.165, 1.54) is 0 Å². The minimum absolute atomic E-state index is 0.276. The Bertz CT molecular complexity index is 806. The molecule has 3 aromatic rings. The number of para-hydroxylation sites is 1. The molecule has 0 fully saturated rings. The minimum atomic E-state index is -0.276. The Morgan fingerprint density at radius 2 is 2.18 bits per heavy atom. The van der Waals surface area contributed by atoms with Crippen molar-refractivity contribution >= 4 is 11.6 Å². The lowest BCUT2D eigenvalue weighted by Crippen LogP contribution is -2.11. The normalized spacial score (nSPS) is 10.5. The van der Waals surface area contributed by atoms with Crippen molar-refractivity contribution in [3.8, 4) is 17.0 Å². The number of anilines is 1. The van der Waals surface area contributed by atoms with Gasteiger partial charge in [0.2, 0.25) is 0 Å². The third kappa shape index (κ3) is 2.69. The van der Waals surface area contributed by atoms with Crippen molar-refractivity contribution in [2.45, 2.75) is 0 Å². The fraction of sp³-hybridized carbons (Fsp3) is 0.133. The molecule has 2 heterocycles. The Hall–Kier alpha value is -3.09. The molecule has 0 unspecified atom stereocenters. The second kappa shape index (κ2) is 5.72. The molecule has 1 amide bonds. The van der Waals surface area contributed by atoms with Gasteiger partial charge in [0.15, 0.2) is 0 Å². The number of H-pyrrole nitrogens is 1. The molecule has 7 nitrogen and oxygen atoms in total. The van der Waals surface area contributed by atoms with Crippen LogP contribution in [-0.2, 0) is 7.05 Å². The van der Waals surface area contributed by atoms with Crippen LogP contribution in [0.2, 0.25) is 0 Å². The lowest BCUT2D eigenvalue weighted by molar-refractivity contribution is 0.102. The van der Waals surface area contributed by atoms with Gasteiger partial charge in [-0.3, -0.25) is 14.6 Å². The molecule has 0 saturated heterocycles. The average Bonchev–Trinajstić information content (AvgIpc) is 3.16. The first-order chi connectivity index (χ1) is 10.7. The van der Waals surface area contributed by atoms with Gasteiger partial charge in [0, 0.05) is 18.8 Å². The molecule has 3 rings (SSSR count). The summed E-state index contributed by atoms with van der Waals surface area (Å²) >= 11 is 0. The fourth-order valence-electron chi connectivity index (χ4n) is 2.12. The number of nitrogens with zero attached hydrogens (tertiary/aromatic N) is 3. The molecule has 0 saturated carbocycles. The molecular formula is C15H15N5O2. The van der Waals surface area contributed by atoms with Crippen LogP contribution in [0, 0.1) is 0 Å². The number of aryl methyl sites for hydroxylation is 1. The zero-order valence-corrected chi connectivity index (χ0v) is 12.2. The molecule has 22 heavy (non-hydrogen) atoms. The molecule has 0 spiro atoms. The number of aromatic nitrogens is 4. The monoisotopic (exact) mass is 297 g/mol. The summed E-state index contributed by atoms with van der Waals surface area (Å²) in [4.78, 5) is 12.2. The highest BCUT2D eigenvalue weighted by atomic mass is 16.5. The van der Waals surface area contributed by atoms with Crippen molar-refractivity contribution in [1.29, 1.82) is 0 Å². The van der Waals surface area contributed by atoms with E-state index in [9.17, 15) is 4.79 Å². The number of hydrogen-bond donors (Lipinski definition) is 2. The van der Waals surface area contributed by atoms with Crippen LogP contribution in [0.3, 0.4) is 0 Å². The van der Waals surface area contributed by atoms with E-state index in [-0.39, 0.29) is 5.91 Å². The van der Waals surface area contributed by atoms with Crippen LogP contribution in [0.4, 0.5) is 5.69 Å². The van der Waals surface area contributed by atoms with Gasteiger partial charge in [0.25, 0.3) is 5.91 Å². The summed E-state index contributed by atoms with van der Waals surface area (Å²) in [5.41, 5.74) is 2.46. The molecule has 0 atom stereocenters. The van der Waals surface area contributed by atoms with Gasteiger partial charge < -0.3 is 10.1 Å². The largest absolute Gasteiger partial charge is 0.496 e. The highest BCUT2D eigenvalue weighted by Gasteiger charge is 2.14. The van der Waals surface area contributed by atoms with E-state index in [0.717, 1.165) is 5.56 Å². The van der Waals surface area contributed by atoms with Crippen LogP contribution in [0.5, 0.6) is 5.75 Å². The minimum Gasteiger partial charge on any atom is -0.496 e. The van der Waals surface area contributed by atoms with Gasteiger partial charge in [0.05, 0.1) is 24.7 Å². The van der Waals surface area contributed by atoms with Gasteiger partial charge in [-0.25, -0.2) is 0 Å². The van der Waals surface area contributed by atoms with Crippen LogP contribution in [0.1, 0.15) is 10.5 Å². The first kappa shape index (κ1) is 13.9. The predicted molar refractivity (Wildman–Crippen MR) is 81.7 cm³/mol. The number of aromatic amines is 1. The smallest absolute Gasteiger partial charge is 0.273 e. The van der Waals surface area contributed by atoms with Crippen LogP contribution >= 0.6 is 0 Å². The molecular weight excluding hydrogens is 282 g/mol. The Morgan fingerprint density at radius 3 is 2.91 bits per heavy atom. The second-order valence-corrected chi connectivity index (χ2v) is 4.72. The predicted octanol–water partition coefficient (Wildman–Crippen LogP) is 2.07. The molecule has 2 N–H and O–H groups in total. The number of methoxy groups -OCH3 is 1. The van der Waals surface area contributed by atoms with Crippen LogP contribution in [0.25, 0.3) is 11.3 Å². The Kier molecular flexibility index (Phi) is 3.61. The highest BCUT2D eigenvalue weighted by Crippen LogP contribution is 2.28. The van der Waals surface area contributed by atoms with E-state index < -0.39 is 0 Å². The second-order valence-electron chi connectivity index (χ2n) is 4.72. The van der Waals surface area contributed by atoms with Crippen LogP contribution in [-0.4, -0.2) is 33.0 Å². The van der Waals surface area contributed by atoms with Crippen molar-refractivity contribution in [2.24, 2.45) is 7.05 Å². The van der Waals surface area contributed by atoms with Gasteiger partial charge >= 0.3 is 0 Å². The Balaban J connectivity index is 1.82. The third-order valence-electron chi connectivity index (χ3n) is 3.17. The van der Waals surface area contributed by atoms with Crippen molar-refractivity contribution in [2.75, 3.05) is 12.4 Å². The molecule has 1 aromatic carbocycles. The number of amides is 1. The van der Waals surface area contributed by atoms with Gasteiger partial charge in [-0.15, -0.1) is 0 Å². The third-order valence-corrected chi connectivity index (χ3v) is 3.17. The van der Waals surface area contributed by atoms with E-state index in [1.54, 1.807) is 37.3 Å². The standard InChI is InChI=1S/C15H15N5O2/c1-20-9-10(8-16-20)17-15(21)13-7-12(18-19-13)11-5-3-4-6-14(11)22-2/h3-9H,1-2H3,(H,17,21)(H,18,19). The van der Waals surface area contributed by atoms with Gasteiger partial charge in [-0.2, -0.15) is 10.2 Å². The molecule has 112 valence electrons. The van der Waals surface area contributed by atoms with E-state index >= 15 is 0 Å². The van der Waals surface area contributed by atoms with Crippen LogP contribution < -0.4 is 10.1 Å². The maximum Gasteiger partial charge on any atom is 0.273 e. The maximum atomic E-state index is 12.2. The summed E-state index contributed by atoms with van der Waals surface area (Å²) in [6.07, 6.45) is 3.30. The van der Waals surface area contributed by atoms with Crippen molar-refractivity contribution in [3.63, 3.8) is 0 Å². The molecule has 7 heteroatoms. The average molecular weight is 297 g/mol.